The summed E-state index contributed by atoms with van der Waals surface area (Å²) in [5.41, 5.74) is 1.98. The lowest BCUT2D eigenvalue weighted by Crippen LogP contribution is -2.22. The molecule has 2 rings (SSSR count). The highest BCUT2D eigenvalue weighted by Gasteiger charge is 2.14. The van der Waals surface area contributed by atoms with Gasteiger partial charge in [0.15, 0.2) is 0 Å². The molecule has 3 heteroatoms. The highest BCUT2D eigenvalue weighted by atomic mass is 19.1. The number of aliphatic hydroxyl groups excluding tert-OH is 1. The van der Waals surface area contributed by atoms with Crippen LogP contribution in [0.25, 0.3) is 0 Å². The number of anilines is 1. The molecule has 14 heavy (non-hydrogen) atoms. The Kier molecular flexibility index (Phi) is 2.68. The summed E-state index contributed by atoms with van der Waals surface area (Å²) >= 11 is 0. The van der Waals surface area contributed by atoms with E-state index >= 15 is 0 Å². The number of rotatable bonds is 1. The first-order valence-corrected chi connectivity index (χ1v) is 4.95. The molecule has 0 fully saturated rings. The van der Waals surface area contributed by atoms with Crippen molar-refractivity contribution in [1.82, 2.24) is 0 Å². The normalized spacial score (nSPS) is 20.9. The van der Waals surface area contributed by atoms with E-state index in [0.717, 1.165) is 30.5 Å². The molecule has 1 unspecified atom stereocenters. The highest BCUT2D eigenvalue weighted by molar-refractivity contribution is 5.52. The Hall–Kier alpha value is -1.09. The van der Waals surface area contributed by atoms with Crippen LogP contribution in [0.3, 0.4) is 0 Å². The number of nitrogens with one attached hydrogen (secondary N) is 1. The molecule has 2 N–H and O–H groups in total. The fraction of sp³-hybridized carbons (Fsp3) is 0.455. The first kappa shape index (κ1) is 9.46. The van der Waals surface area contributed by atoms with Gasteiger partial charge in [0.25, 0.3) is 0 Å². The van der Waals surface area contributed by atoms with E-state index < -0.39 is 0 Å². The van der Waals surface area contributed by atoms with Crippen molar-refractivity contribution in [2.75, 3.05) is 11.9 Å². The van der Waals surface area contributed by atoms with E-state index in [9.17, 15) is 4.39 Å². The molecule has 1 aromatic rings. The maximum absolute atomic E-state index is 12.9. The summed E-state index contributed by atoms with van der Waals surface area (Å²) in [5, 5.41) is 12.3. The molecule has 1 aliphatic heterocycles. The fourth-order valence-corrected chi connectivity index (χ4v) is 1.88. The molecule has 0 aliphatic carbocycles. The molecule has 0 aromatic heterocycles. The number of aryl methyl sites for hydroxylation is 1. The van der Waals surface area contributed by atoms with Crippen LogP contribution in [-0.2, 0) is 6.42 Å². The standard InChI is InChI=1S/C11H14FNO/c12-9-4-5-11-8(6-9)2-1-3-10(7-14)13-11/h4-6,10,13-14H,1-3,7H2. The summed E-state index contributed by atoms with van der Waals surface area (Å²) < 4.78 is 12.9. The SMILES string of the molecule is OCC1CCCc2cc(F)ccc2N1. The van der Waals surface area contributed by atoms with Gasteiger partial charge in [-0.3, -0.25) is 0 Å². The number of benzene rings is 1. The molecule has 1 heterocycles. The van der Waals surface area contributed by atoms with Gasteiger partial charge in [-0.15, -0.1) is 0 Å². The smallest absolute Gasteiger partial charge is 0.123 e. The second kappa shape index (κ2) is 3.96. The summed E-state index contributed by atoms with van der Waals surface area (Å²) in [4.78, 5) is 0. The fourth-order valence-electron chi connectivity index (χ4n) is 1.88. The molecular formula is C11H14FNO. The van der Waals surface area contributed by atoms with Crippen LogP contribution in [0.2, 0.25) is 0 Å². The molecule has 0 spiro atoms. The number of hydrogen-bond donors (Lipinski definition) is 2. The maximum atomic E-state index is 12.9. The lowest BCUT2D eigenvalue weighted by Gasteiger charge is -2.14. The van der Waals surface area contributed by atoms with Crippen molar-refractivity contribution in [2.24, 2.45) is 0 Å². The number of hydrogen-bond acceptors (Lipinski definition) is 2. The van der Waals surface area contributed by atoms with E-state index in [1.807, 2.05) is 0 Å². The van der Waals surface area contributed by atoms with Crippen LogP contribution in [0.4, 0.5) is 10.1 Å². The maximum Gasteiger partial charge on any atom is 0.123 e. The van der Waals surface area contributed by atoms with Crippen molar-refractivity contribution in [3.63, 3.8) is 0 Å². The molecule has 0 bridgehead atoms. The minimum absolute atomic E-state index is 0.113. The van der Waals surface area contributed by atoms with E-state index in [1.54, 1.807) is 12.1 Å². The van der Waals surface area contributed by atoms with Gasteiger partial charge in [-0.25, -0.2) is 4.39 Å². The molecule has 1 atom stereocenters. The molecular weight excluding hydrogens is 181 g/mol. The van der Waals surface area contributed by atoms with Crippen molar-refractivity contribution in [3.8, 4) is 0 Å². The van der Waals surface area contributed by atoms with Crippen molar-refractivity contribution in [2.45, 2.75) is 25.3 Å². The molecule has 0 saturated carbocycles. The molecule has 0 saturated heterocycles. The zero-order valence-electron chi connectivity index (χ0n) is 7.96. The first-order valence-electron chi connectivity index (χ1n) is 4.95. The summed E-state index contributed by atoms with van der Waals surface area (Å²) in [5.74, 6) is -0.187. The van der Waals surface area contributed by atoms with Gasteiger partial charge in [0, 0.05) is 11.7 Å². The van der Waals surface area contributed by atoms with Crippen LogP contribution in [0, 0.1) is 5.82 Å². The topological polar surface area (TPSA) is 32.3 Å². The monoisotopic (exact) mass is 195 g/mol. The molecule has 1 aliphatic rings. The lowest BCUT2D eigenvalue weighted by molar-refractivity contribution is 0.268. The zero-order chi connectivity index (χ0) is 9.97. The molecule has 76 valence electrons. The largest absolute Gasteiger partial charge is 0.394 e. The van der Waals surface area contributed by atoms with Gasteiger partial charge in [-0.1, -0.05) is 0 Å². The van der Waals surface area contributed by atoms with Gasteiger partial charge in [0.2, 0.25) is 0 Å². The predicted molar refractivity (Wildman–Crippen MR) is 53.8 cm³/mol. The first-order chi connectivity index (χ1) is 6.79. The summed E-state index contributed by atoms with van der Waals surface area (Å²) in [7, 11) is 0. The van der Waals surface area contributed by atoms with E-state index in [-0.39, 0.29) is 18.5 Å². The second-order valence-electron chi connectivity index (χ2n) is 3.72. The van der Waals surface area contributed by atoms with Gasteiger partial charge in [0.05, 0.1) is 6.61 Å². The zero-order valence-corrected chi connectivity index (χ0v) is 7.96. The van der Waals surface area contributed by atoms with Crippen LogP contribution >= 0.6 is 0 Å². The summed E-state index contributed by atoms with van der Waals surface area (Å²) in [6.07, 6.45) is 2.82. The average molecular weight is 195 g/mol. The Morgan fingerprint density at radius 1 is 1.50 bits per heavy atom. The van der Waals surface area contributed by atoms with Crippen LogP contribution in [0.1, 0.15) is 18.4 Å². The Bertz CT molecular complexity index is 327. The third-order valence-electron chi connectivity index (χ3n) is 2.65. The quantitative estimate of drug-likeness (QED) is 0.717. The minimum Gasteiger partial charge on any atom is -0.394 e. The highest BCUT2D eigenvalue weighted by Crippen LogP contribution is 2.24. The lowest BCUT2D eigenvalue weighted by atomic mass is 10.1. The second-order valence-corrected chi connectivity index (χ2v) is 3.72. The van der Waals surface area contributed by atoms with E-state index in [1.165, 1.54) is 6.07 Å². The van der Waals surface area contributed by atoms with E-state index in [0.29, 0.717) is 0 Å². The molecule has 0 amide bonds. The van der Waals surface area contributed by atoms with E-state index in [2.05, 4.69) is 5.32 Å². The molecule has 2 nitrogen and oxygen atoms in total. The van der Waals surface area contributed by atoms with Crippen LogP contribution in [0.5, 0.6) is 0 Å². The minimum atomic E-state index is -0.187. The van der Waals surface area contributed by atoms with Crippen molar-refractivity contribution < 1.29 is 9.50 Å². The van der Waals surface area contributed by atoms with Crippen LogP contribution < -0.4 is 5.32 Å². The summed E-state index contributed by atoms with van der Waals surface area (Å²) in [6, 6.07) is 4.88. The van der Waals surface area contributed by atoms with Crippen molar-refractivity contribution in [1.29, 1.82) is 0 Å². The Morgan fingerprint density at radius 2 is 2.36 bits per heavy atom. The van der Waals surface area contributed by atoms with Gasteiger partial charge in [-0.05, 0) is 43.0 Å². The van der Waals surface area contributed by atoms with Crippen LogP contribution in [-0.4, -0.2) is 17.8 Å². The van der Waals surface area contributed by atoms with Gasteiger partial charge in [-0.2, -0.15) is 0 Å². The Morgan fingerprint density at radius 3 is 3.14 bits per heavy atom. The van der Waals surface area contributed by atoms with Crippen molar-refractivity contribution >= 4 is 5.69 Å². The Balaban J connectivity index is 2.27. The summed E-state index contributed by atoms with van der Waals surface area (Å²) in [6.45, 7) is 0.136. The third kappa shape index (κ3) is 1.87. The Labute approximate surface area is 82.8 Å². The number of aliphatic hydroxyl groups is 1. The number of fused-ring (bicyclic) bond motifs is 1. The van der Waals surface area contributed by atoms with Crippen LogP contribution in [0.15, 0.2) is 18.2 Å². The molecule has 0 radical (unpaired) electrons. The third-order valence-corrected chi connectivity index (χ3v) is 2.65. The van der Waals surface area contributed by atoms with Gasteiger partial charge in [0.1, 0.15) is 5.82 Å². The van der Waals surface area contributed by atoms with Crippen molar-refractivity contribution in [3.05, 3.63) is 29.6 Å². The van der Waals surface area contributed by atoms with E-state index in [4.69, 9.17) is 5.11 Å². The van der Waals surface area contributed by atoms with Gasteiger partial charge >= 0.3 is 0 Å². The molecule has 1 aromatic carbocycles. The number of halogens is 1. The predicted octanol–water partition coefficient (Wildman–Crippen LogP) is 1.93. The van der Waals surface area contributed by atoms with Gasteiger partial charge < -0.3 is 10.4 Å². The average Bonchev–Trinajstić information content (AvgIpc) is 2.38.